The van der Waals surface area contributed by atoms with Gasteiger partial charge in [-0.15, -0.1) is 0 Å². The van der Waals surface area contributed by atoms with E-state index in [1.54, 1.807) is 0 Å². The minimum absolute atomic E-state index is 1.38. The number of hydrogen-bond acceptors (Lipinski definition) is 0. The summed E-state index contributed by atoms with van der Waals surface area (Å²) in [6, 6.07) is 0. The SMILES string of the molecule is IC1=C(I)c2c(I)c(I)c(I)c3c(I)c(I)c(I)c1c23. The molecule has 0 fully saturated rings. The van der Waals surface area contributed by atoms with Crippen molar-refractivity contribution in [3.8, 4) is 0 Å². The third kappa shape index (κ3) is 2.78. The second-order valence-electron chi connectivity index (χ2n) is 4.01. The molecule has 0 heterocycles. The topological polar surface area (TPSA) is 0 Å². The van der Waals surface area contributed by atoms with Crippen molar-refractivity contribution < 1.29 is 0 Å². The van der Waals surface area contributed by atoms with Crippen LogP contribution < -0.4 is 0 Å². The highest BCUT2D eigenvalue weighted by Crippen LogP contribution is 2.54. The maximum absolute atomic E-state index is 2.51. The first kappa shape index (κ1) is 19.1. The Hall–Kier alpha value is 4.28. The van der Waals surface area contributed by atoms with Gasteiger partial charge in [0.25, 0.3) is 0 Å². The molecule has 1 aliphatic rings. The molecule has 0 radical (unpaired) electrons. The van der Waals surface area contributed by atoms with E-state index in [4.69, 9.17) is 0 Å². The van der Waals surface area contributed by atoms with Crippen LogP contribution in [0.1, 0.15) is 11.1 Å². The first-order valence-corrected chi connectivity index (χ1v) is 13.6. The fraction of sp³-hybridized carbons (Fsp3) is 0. The van der Waals surface area contributed by atoms with E-state index in [9.17, 15) is 0 Å². The summed E-state index contributed by atoms with van der Waals surface area (Å²) in [7, 11) is 0. The molecule has 1 aliphatic carbocycles. The van der Waals surface area contributed by atoms with Crippen molar-refractivity contribution in [3.63, 3.8) is 0 Å². The molecule has 3 rings (SSSR count). The average molecular weight is 1160 g/mol. The summed E-state index contributed by atoms with van der Waals surface area (Å²) in [6.45, 7) is 0. The lowest BCUT2D eigenvalue weighted by Gasteiger charge is -2.15. The van der Waals surface area contributed by atoms with E-state index in [0.29, 0.717) is 0 Å². The minimum atomic E-state index is 1.38. The van der Waals surface area contributed by atoms with Gasteiger partial charge in [0, 0.05) is 50.5 Å². The number of hydrogen-bond donors (Lipinski definition) is 0. The van der Waals surface area contributed by atoms with Crippen LogP contribution in [-0.4, -0.2) is 0 Å². The normalized spacial score (nSPS) is 13.8. The molecule has 0 saturated heterocycles. The molecule has 0 atom stereocenters. The summed E-state index contributed by atoms with van der Waals surface area (Å²) in [5.74, 6) is 0. The molecule has 0 amide bonds. The molecular formula is C12I8. The van der Waals surface area contributed by atoms with Crippen molar-refractivity contribution >= 4 is 199 Å². The molecule has 0 aromatic heterocycles. The van der Waals surface area contributed by atoms with Gasteiger partial charge in [-0.3, -0.25) is 0 Å². The van der Waals surface area contributed by atoms with Gasteiger partial charge in [-0.1, -0.05) is 0 Å². The van der Waals surface area contributed by atoms with E-state index in [0.717, 1.165) is 0 Å². The molecule has 104 valence electrons. The standard InChI is InChI=1S/C12I8/c13-5-2-1-3(6(5)14)8(16)12(20)10(18)4(1)9(17)11(19)7(2)15. The zero-order valence-electron chi connectivity index (χ0n) is 9.02. The van der Waals surface area contributed by atoms with Crippen molar-refractivity contribution in [2.75, 3.05) is 0 Å². The Kier molecular flexibility index (Phi) is 6.79. The third-order valence-corrected chi connectivity index (χ3v) is 16.8. The van der Waals surface area contributed by atoms with Crippen molar-refractivity contribution in [2.45, 2.75) is 0 Å². The maximum atomic E-state index is 2.51. The quantitative estimate of drug-likeness (QED) is 0.184. The van der Waals surface area contributed by atoms with E-state index < -0.39 is 0 Å². The van der Waals surface area contributed by atoms with E-state index in [1.807, 2.05) is 0 Å². The van der Waals surface area contributed by atoms with Gasteiger partial charge in [-0.2, -0.15) is 0 Å². The third-order valence-electron chi connectivity index (χ3n) is 3.03. The molecule has 2 aromatic carbocycles. The van der Waals surface area contributed by atoms with Gasteiger partial charge < -0.3 is 0 Å². The van der Waals surface area contributed by atoms with E-state index in [-0.39, 0.29) is 0 Å². The Morgan fingerprint density at radius 1 is 0.350 bits per heavy atom. The average Bonchev–Trinajstić information content (AvgIpc) is 2.66. The molecule has 2 aromatic rings. The van der Waals surface area contributed by atoms with Gasteiger partial charge in [0.15, 0.2) is 0 Å². The summed E-state index contributed by atoms with van der Waals surface area (Å²) in [5.41, 5.74) is 2.88. The van der Waals surface area contributed by atoms with Crippen LogP contribution >= 0.6 is 181 Å². The second-order valence-corrected chi connectivity index (χ2v) is 12.6. The largest absolute Gasteiger partial charge is 0.0424 e. The monoisotopic (exact) mass is 1160 g/mol. The highest BCUT2D eigenvalue weighted by Gasteiger charge is 2.31. The smallest absolute Gasteiger partial charge is 0.0410 e. The Morgan fingerprint density at radius 3 is 1.05 bits per heavy atom. The Labute approximate surface area is 225 Å². The van der Waals surface area contributed by atoms with E-state index in [2.05, 4.69) is 181 Å². The van der Waals surface area contributed by atoms with Gasteiger partial charge in [0.2, 0.25) is 0 Å². The van der Waals surface area contributed by atoms with Crippen molar-refractivity contribution in [1.82, 2.24) is 0 Å². The number of rotatable bonds is 0. The van der Waals surface area contributed by atoms with Crippen LogP contribution in [0.15, 0.2) is 0 Å². The highest BCUT2D eigenvalue weighted by atomic mass is 127. The Bertz CT molecular complexity index is 769. The zero-order valence-corrected chi connectivity index (χ0v) is 26.3. The first-order valence-electron chi connectivity index (χ1n) is 5.01. The molecule has 0 nitrogen and oxygen atoms in total. The fourth-order valence-electron chi connectivity index (χ4n) is 2.17. The van der Waals surface area contributed by atoms with Crippen molar-refractivity contribution in [3.05, 3.63) is 32.5 Å². The zero-order chi connectivity index (χ0) is 14.9. The molecule has 0 aliphatic heterocycles. The Morgan fingerprint density at radius 2 is 0.700 bits per heavy atom. The van der Waals surface area contributed by atoms with E-state index >= 15 is 0 Å². The van der Waals surface area contributed by atoms with Gasteiger partial charge in [-0.05, 0) is 181 Å². The molecule has 0 saturated carbocycles. The van der Waals surface area contributed by atoms with Crippen LogP contribution in [0.2, 0.25) is 0 Å². The summed E-state index contributed by atoms with van der Waals surface area (Å²) in [5, 5.41) is 2.90. The summed E-state index contributed by atoms with van der Waals surface area (Å²) < 4.78 is 11.1. The molecule has 0 N–H and O–H groups in total. The fourth-order valence-corrected chi connectivity index (χ4v) is 10.7. The van der Waals surface area contributed by atoms with Gasteiger partial charge in [0.05, 0.1) is 0 Å². The van der Waals surface area contributed by atoms with Crippen LogP contribution in [0.4, 0.5) is 0 Å². The van der Waals surface area contributed by atoms with E-state index in [1.165, 1.54) is 50.5 Å². The first-order chi connectivity index (χ1) is 9.29. The Balaban J connectivity index is 2.75. The van der Waals surface area contributed by atoms with Gasteiger partial charge in [-0.25, -0.2) is 0 Å². The predicted molar refractivity (Wildman–Crippen MR) is 155 cm³/mol. The molecule has 20 heavy (non-hydrogen) atoms. The maximum Gasteiger partial charge on any atom is 0.0410 e. The van der Waals surface area contributed by atoms with Crippen LogP contribution in [0.25, 0.3) is 17.9 Å². The lowest BCUT2D eigenvalue weighted by atomic mass is 10.0. The van der Waals surface area contributed by atoms with Crippen LogP contribution in [-0.2, 0) is 0 Å². The van der Waals surface area contributed by atoms with Crippen LogP contribution in [0.5, 0.6) is 0 Å². The lowest BCUT2D eigenvalue weighted by molar-refractivity contribution is 1.51. The van der Waals surface area contributed by atoms with Crippen molar-refractivity contribution in [2.24, 2.45) is 0 Å². The van der Waals surface area contributed by atoms with Crippen LogP contribution in [0.3, 0.4) is 0 Å². The summed E-state index contributed by atoms with van der Waals surface area (Å²) >= 11 is 20.0. The predicted octanol–water partition coefficient (Wildman–Crippen LogP) is 8.48. The molecular weight excluding hydrogens is 1160 g/mol. The second kappa shape index (κ2) is 7.12. The highest BCUT2D eigenvalue weighted by molar-refractivity contribution is 14.1. The van der Waals surface area contributed by atoms with Gasteiger partial charge >= 0.3 is 0 Å². The minimum Gasteiger partial charge on any atom is -0.0424 e. The molecule has 0 spiro atoms. The molecule has 0 bridgehead atoms. The van der Waals surface area contributed by atoms with Gasteiger partial charge in [0.1, 0.15) is 0 Å². The number of benzene rings is 2. The summed E-state index contributed by atoms with van der Waals surface area (Å²) in [6.07, 6.45) is 0. The molecule has 8 heteroatoms. The van der Waals surface area contributed by atoms with Crippen molar-refractivity contribution in [1.29, 1.82) is 0 Å². The van der Waals surface area contributed by atoms with Crippen LogP contribution in [0, 0.1) is 21.4 Å². The molecule has 0 unspecified atom stereocenters. The summed E-state index contributed by atoms with van der Waals surface area (Å²) in [4.78, 5) is 0. The lowest BCUT2D eigenvalue weighted by Crippen LogP contribution is -2.00. The number of halogens is 8.